The van der Waals surface area contributed by atoms with E-state index >= 15 is 0 Å². The van der Waals surface area contributed by atoms with Crippen LogP contribution in [-0.4, -0.2) is 57.2 Å². The van der Waals surface area contributed by atoms with Gasteiger partial charge in [-0.3, -0.25) is 9.69 Å². The highest BCUT2D eigenvalue weighted by molar-refractivity contribution is 5.95. The monoisotopic (exact) mass is 529 g/mol. The molecule has 0 unspecified atom stereocenters. The fraction of sp³-hybridized carbons (Fsp3) is 0.345. The van der Waals surface area contributed by atoms with Crippen molar-refractivity contribution in [3.63, 3.8) is 0 Å². The van der Waals surface area contributed by atoms with Crippen LogP contribution in [0.25, 0.3) is 0 Å². The van der Waals surface area contributed by atoms with Gasteiger partial charge >= 0.3 is 0 Å². The molecule has 1 heterocycles. The van der Waals surface area contributed by atoms with Crippen LogP contribution >= 0.6 is 24.8 Å². The van der Waals surface area contributed by atoms with Crippen molar-refractivity contribution in [3.8, 4) is 5.75 Å². The molecule has 0 radical (unpaired) electrons. The average molecular weight is 531 g/mol. The van der Waals surface area contributed by atoms with E-state index in [9.17, 15) is 4.79 Å². The van der Waals surface area contributed by atoms with Gasteiger partial charge in [-0.1, -0.05) is 60.7 Å². The summed E-state index contributed by atoms with van der Waals surface area (Å²) in [6, 6.07) is 26.6. The maximum Gasteiger partial charge on any atom is 0.251 e. The third-order valence-electron chi connectivity index (χ3n) is 6.52. The molecule has 194 valence electrons. The largest absolute Gasteiger partial charge is 0.495 e. The first-order valence-electron chi connectivity index (χ1n) is 12.2. The molecule has 1 N–H and O–H groups in total. The summed E-state index contributed by atoms with van der Waals surface area (Å²) in [5.41, 5.74) is 4.37. The first-order valence-corrected chi connectivity index (χ1v) is 12.2. The van der Waals surface area contributed by atoms with Gasteiger partial charge in [-0.05, 0) is 55.1 Å². The Morgan fingerprint density at radius 2 is 1.50 bits per heavy atom. The van der Waals surface area contributed by atoms with E-state index in [0.29, 0.717) is 6.54 Å². The Morgan fingerprint density at radius 1 is 0.833 bits per heavy atom. The van der Waals surface area contributed by atoms with E-state index in [4.69, 9.17) is 4.74 Å². The Labute approximate surface area is 227 Å². The van der Waals surface area contributed by atoms with Gasteiger partial charge < -0.3 is 15.0 Å². The SMILES string of the molecule is COc1ccccc1N1CCN(CCCNC(=O)c2ccccc2CCc2ccccc2)CC1.Cl.Cl. The van der Waals surface area contributed by atoms with Crippen molar-refractivity contribution in [2.75, 3.05) is 51.3 Å². The fourth-order valence-corrected chi connectivity index (χ4v) is 4.59. The van der Waals surface area contributed by atoms with Crippen LogP contribution in [0.5, 0.6) is 5.75 Å². The van der Waals surface area contributed by atoms with Crippen molar-refractivity contribution in [1.29, 1.82) is 0 Å². The highest BCUT2D eigenvalue weighted by Gasteiger charge is 2.19. The predicted molar refractivity (Wildman–Crippen MR) is 153 cm³/mol. The molecule has 3 aromatic rings. The Bertz CT molecular complexity index is 1060. The Hall–Kier alpha value is -2.73. The maximum atomic E-state index is 12.8. The van der Waals surface area contributed by atoms with E-state index in [1.807, 2.05) is 36.4 Å². The van der Waals surface area contributed by atoms with Crippen LogP contribution in [0.1, 0.15) is 27.9 Å². The molecule has 0 atom stereocenters. The second-order valence-electron chi connectivity index (χ2n) is 8.75. The minimum Gasteiger partial charge on any atom is -0.495 e. The number of hydrogen-bond acceptors (Lipinski definition) is 4. The van der Waals surface area contributed by atoms with Crippen LogP contribution in [0, 0.1) is 0 Å². The number of carbonyl (C=O) groups is 1. The Kier molecular flexibility index (Phi) is 12.6. The van der Waals surface area contributed by atoms with Crippen molar-refractivity contribution in [2.45, 2.75) is 19.3 Å². The summed E-state index contributed by atoms with van der Waals surface area (Å²) in [6.07, 6.45) is 2.75. The normalized spacial score (nSPS) is 13.3. The highest BCUT2D eigenvalue weighted by atomic mass is 35.5. The standard InChI is InChI=1S/C29H35N3O2.2ClH/c1-34-28-15-8-7-14-27(28)32-22-20-31(21-23-32)19-9-18-30-29(33)26-13-6-5-12-25(26)17-16-24-10-3-2-4-11-24;;/h2-8,10-15H,9,16-23H2,1H3,(H,30,33);2*1H. The highest BCUT2D eigenvalue weighted by Crippen LogP contribution is 2.28. The summed E-state index contributed by atoms with van der Waals surface area (Å²) < 4.78 is 5.51. The summed E-state index contributed by atoms with van der Waals surface area (Å²) in [7, 11) is 1.73. The molecule has 5 nitrogen and oxygen atoms in total. The molecule has 1 aliphatic rings. The Morgan fingerprint density at radius 3 is 2.25 bits per heavy atom. The molecule has 0 bridgehead atoms. The number of rotatable bonds is 10. The third kappa shape index (κ3) is 8.16. The van der Waals surface area contributed by atoms with Crippen molar-refractivity contribution in [3.05, 3.63) is 95.6 Å². The molecule has 3 aromatic carbocycles. The fourth-order valence-electron chi connectivity index (χ4n) is 4.59. The van der Waals surface area contributed by atoms with E-state index in [0.717, 1.165) is 68.9 Å². The van der Waals surface area contributed by atoms with Crippen molar-refractivity contribution < 1.29 is 9.53 Å². The number of methoxy groups -OCH3 is 1. The van der Waals surface area contributed by atoms with Crippen LogP contribution in [0.3, 0.4) is 0 Å². The lowest BCUT2D eigenvalue weighted by Crippen LogP contribution is -2.47. The summed E-state index contributed by atoms with van der Waals surface area (Å²) >= 11 is 0. The van der Waals surface area contributed by atoms with Gasteiger partial charge in [-0.2, -0.15) is 0 Å². The lowest BCUT2D eigenvalue weighted by molar-refractivity contribution is 0.0950. The molecule has 1 aliphatic heterocycles. The summed E-state index contributed by atoms with van der Waals surface area (Å²) in [5, 5.41) is 3.13. The number of anilines is 1. The van der Waals surface area contributed by atoms with Gasteiger partial charge in [0.15, 0.2) is 0 Å². The van der Waals surface area contributed by atoms with Gasteiger partial charge in [0.05, 0.1) is 12.8 Å². The first kappa shape index (κ1) is 29.5. The summed E-state index contributed by atoms with van der Waals surface area (Å²) in [5.74, 6) is 0.965. The molecular formula is C29H37Cl2N3O2. The van der Waals surface area contributed by atoms with E-state index in [2.05, 4.69) is 57.6 Å². The molecular weight excluding hydrogens is 493 g/mol. The van der Waals surface area contributed by atoms with Gasteiger partial charge in [0.25, 0.3) is 5.91 Å². The van der Waals surface area contributed by atoms with Crippen LogP contribution in [-0.2, 0) is 12.8 Å². The minimum atomic E-state index is 0. The first-order chi connectivity index (χ1) is 16.7. The molecule has 7 heteroatoms. The molecule has 36 heavy (non-hydrogen) atoms. The number of benzene rings is 3. The van der Waals surface area contributed by atoms with E-state index in [1.165, 1.54) is 11.3 Å². The number of aryl methyl sites for hydroxylation is 2. The summed E-state index contributed by atoms with van der Waals surface area (Å²) in [6.45, 7) is 5.71. The molecule has 1 saturated heterocycles. The van der Waals surface area contributed by atoms with Gasteiger partial charge in [0.2, 0.25) is 0 Å². The zero-order valence-corrected chi connectivity index (χ0v) is 22.5. The number of hydrogen-bond donors (Lipinski definition) is 1. The Balaban J connectivity index is 0.00000228. The number of ether oxygens (including phenoxy) is 1. The van der Waals surface area contributed by atoms with Crippen LogP contribution in [0.15, 0.2) is 78.9 Å². The lowest BCUT2D eigenvalue weighted by atomic mass is 9.99. The number of piperazine rings is 1. The van der Waals surface area contributed by atoms with E-state index in [1.54, 1.807) is 7.11 Å². The quantitative estimate of drug-likeness (QED) is 0.363. The number of carbonyl (C=O) groups excluding carboxylic acids is 1. The molecule has 0 aliphatic carbocycles. The second kappa shape index (κ2) is 15.4. The van der Waals surface area contributed by atoms with Crippen LogP contribution < -0.4 is 15.0 Å². The molecule has 4 rings (SSSR count). The molecule has 1 amide bonds. The van der Waals surface area contributed by atoms with E-state index in [-0.39, 0.29) is 30.7 Å². The number of nitrogens with zero attached hydrogens (tertiary/aromatic N) is 2. The number of amides is 1. The lowest BCUT2D eigenvalue weighted by Gasteiger charge is -2.36. The van der Waals surface area contributed by atoms with Crippen LogP contribution in [0.2, 0.25) is 0 Å². The molecule has 0 aromatic heterocycles. The van der Waals surface area contributed by atoms with Crippen molar-refractivity contribution in [1.82, 2.24) is 10.2 Å². The number of halogens is 2. The predicted octanol–water partition coefficient (Wildman–Crippen LogP) is 5.27. The second-order valence-corrected chi connectivity index (χ2v) is 8.75. The number of nitrogens with one attached hydrogen (secondary N) is 1. The summed E-state index contributed by atoms with van der Waals surface area (Å²) in [4.78, 5) is 17.7. The third-order valence-corrected chi connectivity index (χ3v) is 6.52. The van der Waals surface area contributed by atoms with Crippen molar-refractivity contribution in [2.24, 2.45) is 0 Å². The maximum absolute atomic E-state index is 12.8. The topological polar surface area (TPSA) is 44.8 Å². The van der Waals surface area contributed by atoms with Crippen LogP contribution in [0.4, 0.5) is 5.69 Å². The molecule has 0 saturated carbocycles. The van der Waals surface area contributed by atoms with Gasteiger partial charge in [0.1, 0.15) is 5.75 Å². The van der Waals surface area contributed by atoms with Crippen molar-refractivity contribution >= 4 is 36.4 Å². The minimum absolute atomic E-state index is 0. The number of para-hydroxylation sites is 2. The smallest absolute Gasteiger partial charge is 0.251 e. The zero-order chi connectivity index (χ0) is 23.6. The van der Waals surface area contributed by atoms with Gasteiger partial charge in [-0.15, -0.1) is 24.8 Å². The zero-order valence-electron chi connectivity index (χ0n) is 20.9. The molecule has 1 fully saturated rings. The van der Waals surface area contributed by atoms with Gasteiger partial charge in [0, 0.05) is 38.3 Å². The molecule has 0 spiro atoms. The van der Waals surface area contributed by atoms with Gasteiger partial charge in [-0.25, -0.2) is 0 Å². The van der Waals surface area contributed by atoms with E-state index < -0.39 is 0 Å². The average Bonchev–Trinajstić information content (AvgIpc) is 2.91.